The average molecular weight is 492 g/mol. The number of benzene rings is 1. The third-order valence-corrected chi connectivity index (χ3v) is 5.65. The van der Waals surface area contributed by atoms with E-state index in [4.69, 9.17) is 4.74 Å². The third-order valence-electron chi connectivity index (χ3n) is 5.65. The van der Waals surface area contributed by atoms with Crippen molar-refractivity contribution in [2.75, 3.05) is 11.9 Å². The number of carbonyl (C=O) groups excluding carboxylic acids is 1. The first-order chi connectivity index (χ1) is 16.6. The molecular weight excluding hydrogens is 471 g/mol. The van der Waals surface area contributed by atoms with Crippen LogP contribution in [0.3, 0.4) is 0 Å². The fourth-order valence-corrected chi connectivity index (χ4v) is 3.95. The highest BCUT2D eigenvalue weighted by molar-refractivity contribution is 6.06. The molecule has 1 saturated heterocycles. The predicted molar refractivity (Wildman–Crippen MR) is 117 cm³/mol. The minimum atomic E-state index is -4.69. The lowest BCUT2D eigenvalue weighted by Gasteiger charge is -2.24. The van der Waals surface area contributed by atoms with Gasteiger partial charge in [-0.15, -0.1) is 0 Å². The van der Waals surface area contributed by atoms with E-state index in [0.717, 1.165) is 18.2 Å². The van der Waals surface area contributed by atoms with Gasteiger partial charge in [0.05, 0.1) is 16.9 Å². The van der Waals surface area contributed by atoms with Crippen LogP contribution in [-0.4, -0.2) is 39.7 Å². The van der Waals surface area contributed by atoms with Crippen LogP contribution in [0.5, 0.6) is 0 Å². The van der Waals surface area contributed by atoms with Crippen molar-refractivity contribution in [1.29, 1.82) is 0 Å². The first-order valence-corrected chi connectivity index (χ1v) is 10.8. The Hall–Kier alpha value is -3.47. The van der Waals surface area contributed by atoms with Gasteiger partial charge in [0.1, 0.15) is 17.5 Å². The number of halogens is 5. The molecule has 0 aliphatic carbocycles. The fraction of sp³-hybridized carbons (Fsp3) is 0.333. The van der Waals surface area contributed by atoms with Crippen LogP contribution in [0.2, 0.25) is 0 Å². The number of alkyl halides is 3. The maximum Gasteiger partial charge on any atom is 0.415 e. The molecule has 11 heteroatoms. The smallest absolute Gasteiger partial charge is 0.368 e. The molecule has 1 N–H and O–H groups in total. The van der Waals surface area contributed by atoms with Gasteiger partial charge < -0.3 is 10.1 Å². The van der Waals surface area contributed by atoms with Gasteiger partial charge >= 0.3 is 6.18 Å². The maximum absolute atomic E-state index is 14.7. The second-order valence-electron chi connectivity index (χ2n) is 8.41. The Balaban J connectivity index is 1.82. The van der Waals surface area contributed by atoms with Crippen LogP contribution in [0.15, 0.2) is 42.9 Å². The summed E-state index contributed by atoms with van der Waals surface area (Å²) < 4.78 is 74.4. The number of ether oxygens (including phenoxy) is 1. The molecule has 0 saturated carbocycles. The molecule has 35 heavy (non-hydrogen) atoms. The zero-order valence-corrected chi connectivity index (χ0v) is 18.7. The summed E-state index contributed by atoms with van der Waals surface area (Å²) in [6.07, 6.45) is -3.11. The van der Waals surface area contributed by atoms with Crippen molar-refractivity contribution in [2.24, 2.45) is 0 Å². The van der Waals surface area contributed by atoms with E-state index in [1.807, 2.05) is 13.8 Å². The Bertz CT molecular complexity index is 1230. The normalized spacial score (nSPS) is 18.2. The fourth-order valence-electron chi connectivity index (χ4n) is 3.95. The molecule has 4 rings (SSSR count). The van der Waals surface area contributed by atoms with E-state index in [2.05, 4.69) is 20.3 Å². The second-order valence-corrected chi connectivity index (χ2v) is 8.41. The summed E-state index contributed by atoms with van der Waals surface area (Å²) in [5, 5.41) is 2.54. The van der Waals surface area contributed by atoms with Crippen molar-refractivity contribution in [3.63, 3.8) is 0 Å². The zero-order valence-electron chi connectivity index (χ0n) is 18.7. The third kappa shape index (κ3) is 5.14. The molecule has 1 aliphatic rings. The van der Waals surface area contributed by atoms with Gasteiger partial charge in [0.25, 0.3) is 5.91 Å². The minimum absolute atomic E-state index is 0.0151. The Morgan fingerprint density at radius 1 is 1.09 bits per heavy atom. The Morgan fingerprint density at radius 2 is 1.80 bits per heavy atom. The van der Waals surface area contributed by atoms with Crippen molar-refractivity contribution >= 4 is 11.6 Å². The molecule has 3 aromatic rings. The number of aromatic nitrogens is 3. The number of carbonyl (C=O) groups is 1. The highest BCUT2D eigenvalue weighted by Crippen LogP contribution is 2.44. The molecule has 6 nitrogen and oxygen atoms in total. The second kappa shape index (κ2) is 9.65. The van der Waals surface area contributed by atoms with Crippen LogP contribution in [0.4, 0.5) is 27.6 Å². The molecule has 1 aliphatic heterocycles. The summed E-state index contributed by atoms with van der Waals surface area (Å²) in [6, 6.07) is 4.01. The van der Waals surface area contributed by atoms with Crippen LogP contribution in [0.25, 0.3) is 11.1 Å². The van der Waals surface area contributed by atoms with Crippen molar-refractivity contribution in [3.8, 4) is 11.1 Å². The summed E-state index contributed by atoms with van der Waals surface area (Å²) >= 11 is 0. The Morgan fingerprint density at radius 3 is 2.46 bits per heavy atom. The van der Waals surface area contributed by atoms with E-state index in [0.29, 0.717) is 5.82 Å². The molecule has 1 unspecified atom stereocenters. The number of anilines is 1. The van der Waals surface area contributed by atoms with E-state index < -0.39 is 35.7 Å². The zero-order chi connectivity index (χ0) is 25.3. The first kappa shape index (κ1) is 24.6. The highest BCUT2D eigenvalue weighted by atomic mass is 19.4. The monoisotopic (exact) mass is 492 g/mol. The molecule has 2 atom stereocenters. The van der Waals surface area contributed by atoms with Gasteiger partial charge in [0, 0.05) is 48.2 Å². The predicted octanol–water partition coefficient (Wildman–Crippen LogP) is 5.63. The number of hydrogen-bond donors (Lipinski definition) is 1. The van der Waals surface area contributed by atoms with Gasteiger partial charge in [-0.1, -0.05) is 13.8 Å². The molecule has 1 amide bonds. The van der Waals surface area contributed by atoms with Crippen LogP contribution >= 0.6 is 0 Å². The quantitative estimate of drug-likeness (QED) is 0.468. The van der Waals surface area contributed by atoms with Crippen molar-refractivity contribution in [3.05, 3.63) is 71.6 Å². The van der Waals surface area contributed by atoms with Crippen LogP contribution in [0, 0.1) is 11.6 Å². The molecule has 2 aromatic heterocycles. The lowest BCUT2D eigenvalue weighted by atomic mass is 9.91. The number of rotatable bonds is 5. The van der Waals surface area contributed by atoms with Gasteiger partial charge in [-0.25, -0.2) is 18.7 Å². The van der Waals surface area contributed by atoms with Crippen LogP contribution < -0.4 is 5.32 Å². The summed E-state index contributed by atoms with van der Waals surface area (Å²) in [7, 11) is 0. The van der Waals surface area contributed by atoms with E-state index in [1.54, 1.807) is 0 Å². The lowest BCUT2D eigenvalue weighted by molar-refractivity contribution is -0.210. The molecule has 0 spiro atoms. The van der Waals surface area contributed by atoms with Crippen molar-refractivity contribution in [1.82, 2.24) is 15.0 Å². The molecule has 184 valence electrons. The largest absolute Gasteiger partial charge is 0.415 e. The molecular formula is C24H21F5N4O2. The molecule has 1 fully saturated rings. The van der Waals surface area contributed by atoms with E-state index in [9.17, 15) is 26.7 Å². The summed E-state index contributed by atoms with van der Waals surface area (Å²) in [5.41, 5.74) is -0.533. The number of hydrogen-bond acceptors (Lipinski definition) is 5. The minimum Gasteiger partial charge on any atom is -0.368 e. The molecule has 0 radical (unpaired) electrons. The van der Waals surface area contributed by atoms with Crippen molar-refractivity contribution in [2.45, 2.75) is 44.4 Å². The first-order valence-electron chi connectivity index (χ1n) is 10.8. The van der Waals surface area contributed by atoms with Crippen molar-refractivity contribution < 1.29 is 31.5 Å². The van der Waals surface area contributed by atoms with Gasteiger partial charge in [-0.2, -0.15) is 13.2 Å². The SMILES string of the molecule is CC(C)c1ncc(C(=O)Nc2c(-c3cc(F)ccc3F)ccnc2[C@@H]2CCOC2C(F)(F)F)cn1. The molecule has 1 aromatic carbocycles. The molecule has 0 bridgehead atoms. The standard InChI is InChI=1S/C24H21F5N4O2/c1-12(2)22-31-10-13(11-32-22)23(34)33-20-15(17-9-14(25)3-4-18(17)26)5-7-30-19(20)16-6-8-35-21(16)24(27,28)29/h3-5,7,9-12,16,21H,6,8H2,1-2H3,(H,33,34)/t16-,21?/m0/s1. The number of nitrogens with zero attached hydrogens (tertiary/aromatic N) is 3. The summed E-state index contributed by atoms with van der Waals surface area (Å²) in [4.78, 5) is 25.4. The number of pyridine rings is 1. The average Bonchev–Trinajstić information content (AvgIpc) is 3.31. The summed E-state index contributed by atoms with van der Waals surface area (Å²) in [5.74, 6) is -3.06. The number of amides is 1. The van der Waals surface area contributed by atoms with Gasteiger partial charge in [0.2, 0.25) is 0 Å². The number of nitrogens with one attached hydrogen (secondary N) is 1. The Kier molecular flexibility index (Phi) is 6.79. The van der Waals surface area contributed by atoms with Gasteiger partial charge in [-0.3, -0.25) is 9.78 Å². The Labute approximate surface area is 197 Å². The van der Waals surface area contributed by atoms with E-state index >= 15 is 0 Å². The van der Waals surface area contributed by atoms with Gasteiger partial charge in [-0.05, 0) is 30.7 Å². The van der Waals surface area contributed by atoms with E-state index in [-0.39, 0.29) is 47.0 Å². The topological polar surface area (TPSA) is 77.0 Å². The summed E-state index contributed by atoms with van der Waals surface area (Å²) in [6.45, 7) is 3.57. The maximum atomic E-state index is 14.7. The van der Waals surface area contributed by atoms with Gasteiger partial charge in [0.15, 0.2) is 6.10 Å². The van der Waals surface area contributed by atoms with Crippen LogP contribution in [0.1, 0.15) is 54.0 Å². The van der Waals surface area contributed by atoms with E-state index in [1.165, 1.54) is 24.7 Å². The molecule has 3 heterocycles. The highest BCUT2D eigenvalue weighted by Gasteiger charge is 2.50. The van der Waals surface area contributed by atoms with Crippen LogP contribution in [-0.2, 0) is 4.74 Å². The lowest BCUT2D eigenvalue weighted by Crippen LogP contribution is -2.33.